The van der Waals surface area contributed by atoms with Gasteiger partial charge in [-0.2, -0.15) is 0 Å². The Morgan fingerprint density at radius 2 is 1.30 bits per heavy atom. The first-order chi connectivity index (χ1) is 17.2. The molecule has 8 heteroatoms. The number of carbonyl (C=O) groups excluding carboxylic acids is 3. The molecule has 0 aliphatic carbocycles. The highest BCUT2D eigenvalue weighted by atomic mass is 16.6. The van der Waals surface area contributed by atoms with Gasteiger partial charge in [-0.05, 0) is 59.6 Å². The summed E-state index contributed by atoms with van der Waals surface area (Å²) in [5.41, 5.74) is 0.509. The lowest BCUT2D eigenvalue weighted by molar-refractivity contribution is -0.138. The van der Waals surface area contributed by atoms with Gasteiger partial charge in [-0.15, -0.1) is 0 Å². The molecule has 0 saturated carbocycles. The van der Waals surface area contributed by atoms with Gasteiger partial charge in [-0.3, -0.25) is 9.59 Å². The van der Waals surface area contributed by atoms with Gasteiger partial charge in [-0.25, -0.2) is 4.79 Å². The van der Waals surface area contributed by atoms with Gasteiger partial charge in [0.1, 0.15) is 17.7 Å². The topological polar surface area (TPSA) is 106 Å². The lowest BCUT2D eigenvalue weighted by Gasteiger charge is -2.32. The average Bonchev–Trinajstić information content (AvgIpc) is 2.79. The van der Waals surface area contributed by atoms with Crippen LogP contribution in [0.15, 0.2) is 60.7 Å². The van der Waals surface area contributed by atoms with Gasteiger partial charge >= 0.3 is 6.09 Å². The highest BCUT2D eigenvalue weighted by Crippen LogP contribution is 2.15. The van der Waals surface area contributed by atoms with E-state index in [2.05, 4.69) is 16.0 Å². The van der Waals surface area contributed by atoms with E-state index in [-0.39, 0.29) is 12.3 Å². The zero-order valence-electron chi connectivity index (χ0n) is 23.0. The van der Waals surface area contributed by atoms with Gasteiger partial charge in [0.25, 0.3) is 0 Å². The van der Waals surface area contributed by atoms with Crippen LogP contribution < -0.4 is 16.0 Å². The summed E-state index contributed by atoms with van der Waals surface area (Å²) in [4.78, 5) is 39.3. The maximum atomic E-state index is 13.5. The number of alkyl carbamates (subject to hydrolysis) is 1. The third-order valence-electron chi connectivity index (χ3n) is 5.19. The van der Waals surface area contributed by atoms with Crippen molar-refractivity contribution in [2.75, 3.05) is 0 Å². The number of hydrogen-bond donors (Lipinski definition) is 3. The van der Waals surface area contributed by atoms with E-state index in [1.165, 1.54) is 0 Å². The first-order valence-corrected chi connectivity index (χ1v) is 12.6. The molecule has 2 aromatic carbocycles. The van der Waals surface area contributed by atoms with Crippen LogP contribution in [-0.4, -0.2) is 47.3 Å². The highest BCUT2D eigenvalue weighted by Gasteiger charge is 2.33. The molecule has 3 amide bonds. The molecule has 0 heterocycles. The monoisotopic (exact) mass is 511 g/mol. The molecule has 2 rings (SSSR count). The van der Waals surface area contributed by atoms with E-state index in [1.807, 2.05) is 81.4 Å². The number of carbonyl (C=O) groups is 3. The Kier molecular flexibility index (Phi) is 10.7. The van der Waals surface area contributed by atoms with Gasteiger partial charge < -0.3 is 25.4 Å². The second-order valence-electron chi connectivity index (χ2n) is 11.0. The van der Waals surface area contributed by atoms with Gasteiger partial charge in [0.15, 0.2) is 0 Å². The fraction of sp³-hybridized carbons (Fsp3) is 0.483. The molecule has 0 radical (unpaired) electrons. The summed E-state index contributed by atoms with van der Waals surface area (Å²) in [6, 6.07) is 16.9. The van der Waals surface area contributed by atoms with Crippen LogP contribution in [0.3, 0.4) is 0 Å². The third-order valence-corrected chi connectivity index (χ3v) is 5.19. The largest absolute Gasteiger partial charge is 0.444 e. The lowest BCUT2D eigenvalue weighted by atomic mass is 10.0. The third kappa shape index (κ3) is 11.5. The molecule has 0 aliphatic heterocycles. The molecule has 37 heavy (non-hydrogen) atoms. The summed E-state index contributed by atoms with van der Waals surface area (Å²) in [7, 11) is 0. The molecule has 0 bridgehead atoms. The van der Waals surface area contributed by atoms with Crippen LogP contribution in [0.2, 0.25) is 0 Å². The molecule has 0 fully saturated rings. The van der Waals surface area contributed by atoms with Crippen LogP contribution in [0.25, 0.3) is 0 Å². The second-order valence-corrected chi connectivity index (χ2v) is 11.0. The summed E-state index contributed by atoms with van der Waals surface area (Å²) in [5, 5.41) is 8.37. The lowest BCUT2D eigenvalue weighted by Crippen LogP contribution is -2.59. The van der Waals surface area contributed by atoms with Crippen molar-refractivity contribution >= 4 is 17.9 Å². The van der Waals surface area contributed by atoms with Crippen LogP contribution in [-0.2, 0) is 32.0 Å². The van der Waals surface area contributed by atoms with Crippen molar-refractivity contribution in [3.63, 3.8) is 0 Å². The Bertz CT molecular complexity index is 1010. The standard InChI is InChI=1S/C29H41N3O5/c1-20(36-28(2,3)4)24(26(34)30-19-22-16-12-9-13-17-22)32-25(33)23(18-21-14-10-8-11-15-21)31-27(35)37-29(5,6)7/h8-17,20,23-24H,18-19H2,1-7H3,(H,30,34)(H,31,35)(H,32,33)/t20-,23+,24+/m1/s1. The van der Waals surface area contributed by atoms with Crippen LogP contribution in [0.5, 0.6) is 0 Å². The van der Waals surface area contributed by atoms with E-state index in [0.29, 0.717) is 6.54 Å². The maximum absolute atomic E-state index is 13.5. The molecule has 202 valence electrons. The SMILES string of the molecule is C[C@@H](OC(C)(C)C)[C@H](NC(=O)[C@H](Cc1ccccc1)NC(=O)OC(C)(C)C)C(=O)NCc1ccccc1. The number of nitrogens with one attached hydrogen (secondary N) is 3. The minimum absolute atomic E-state index is 0.221. The fourth-order valence-electron chi connectivity index (χ4n) is 3.68. The Hall–Kier alpha value is -3.39. The number of ether oxygens (including phenoxy) is 2. The Morgan fingerprint density at radius 1 is 0.757 bits per heavy atom. The highest BCUT2D eigenvalue weighted by molar-refractivity contribution is 5.91. The van der Waals surface area contributed by atoms with Crippen molar-refractivity contribution < 1.29 is 23.9 Å². The van der Waals surface area contributed by atoms with E-state index in [1.54, 1.807) is 27.7 Å². The summed E-state index contributed by atoms with van der Waals surface area (Å²) in [6.07, 6.45) is -1.13. The summed E-state index contributed by atoms with van der Waals surface area (Å²) >= 11 is 0. The Balaban J connectivity index is 2.23. The van der Waals surface area contributed by atoms with Crippen molar-refractivity contribution in [3.8, 4) is 0 Å². The van der Waals surface area contributed by atoms with Crippen molar-refractivity contribution in [1.29, 1.82) is 0 Å². The average molecular weight is 512 g/mol. The molecule has 0 unspecified atom stereocenters. The van der Waals surface area contributed by atoms with Gasteiger partial charge in [-0.1, -0.05) is 60.7 Å². The molecule has 3 atom stereocenters. The molecule has 0 aromatic heterocycles. The van der Waals surface area contributed by atoms with Crippen LogP contribution in [0, 0.1) is 0 Å². The van der Waals surface area contributed by atoms with Crippen molar-refractivity contribution in [1.82, 2.24) is 16.0 Å². The van der Waals surface area contributed by atoms with Crippen LogP contribution >= 0.6 is 0 Å². The predicted molar refractivity (Wildman–Crippen MR) is 144 cm³/mol. The minimum atomic E-state index is -0.992. The van der Waals surface area contributed by atoms with Crippen molar-refractivity contribution in [3.05, 3.63) is 71.8 Å². The van der Waals surface area contributed by atoms with Gasteiger partial charge in [0.2, 0.25) is 11.8 Å². The summed E-state index contributed by atoms with van der Waals surface area (Å²) in [5.74, 6) is -0.899. The van der Waals surface area contributed by atoms with Crippen LogP contribution in [0.1, 0.15) is 59.6 Å². The molecule has 0 aliphatic rings. The van der Waals surface area contributed by atoms with Crippen LogP contribution in [0.4, 0.5) is 4.79 Å². The predicted octanol–water partition coefficient (Wildman–Crippen LogP) is 4.13. The molecule has 3 N–H and O–H groups in total. The first-order valence-electron chi connectivity index (χ1n) is 12.6. The Morgan fingerprint density at radius 3 is 1.81 bits per heavy atom. The van der Waals surface area contributed by atoms with E-state index in [0.717, 1.165) is 11.1 Å². The minimum Gasteiger partial charge on any atom is -0.444 e. The number of amides is 3. The number of hydrogen-bond acceptors (Lipinski definition) is 5. The summed E-state index contributed by atoms with van der Waals surface area (Å²) < 4.78 is 11.4. The first kappa shape index (κ1) is 29.8. The van der Waals surface area contributed by atoms with Crippen molar-refractivity contribution in [2.45, 2.75) is 90.8 Å². The van der Waals surface area contributed by atoms with E-state index < -0.39 is 41.4 Å². The van der Waals surface area contributed by atoms with E-state index in [4.69, 9.17) is 9.47 Å². The Labute approximate surface area is 220 Å². The quantitative estimate of drug-likeness (QED) is 0.445. The molecular weight excluding hydrogens is 470 g/mol. The second kappa shape index (κ2) is 13.2. The number of benzene rings is 2. The zero-order valence-corrected chi connectivity index (χ0v) is 23.0. The summed E-state index contributed by atoms with van der Waals surface area (Å²) in [6.45, 7) is 12.9. The van der Waals surface area contributed by atoms with Crippen molar-refractivity contribution in [2.24, 2.45) is 0 Å². The maximum Gasteiger partial charge on any atom is 0.408 e. The van der Waals surface area contributed by atoms with E-state index >= 15 is 0 Å². The van der Waals surface area contributed by atoms with Gasteiger partial charge in [0.05, 0.1) is 11.7 Å². The molecular formula is C29H41N3O5. The molecule has 8 nitrogen and oxygen atoms in total. The molecule has 0 spiro atoms. The van der Waals surface area contributed by atoms with Gasteiger partial charge in [0, 0.05) is 13.0 Å². The number of rotatable bonds is 10. The molecule has 0 saturated heterocycles. The fourth-order valence-corrected chi connectivity index (χ4v) is 3.68. The smallest absolute Gasteiger partial charge is 0.408 e. The van der Waals surface area contributed by atoms with E-state index in [9.17, 15) is 14.4 Å². The molecule has 2 aromatic rings. The zero-order chi connectivity index (χ0) is 27.6. The normalized spacial score (nSPS) is 14.1.